The van der Waals surface area contributed by atoms with Gasteiger partial charge in [0, 0.05) is 18.4 Å². The smallest absolute Gasteiger partial charge is 0.461 e. The molecule has 0 aliphatic heterocycles. The summed E-state index contributed by atoms with van der Waals surface area (Å²) in [5.74, 6) is 0.504. The van der Waals surface area contributed by atoms with Crippen LogP contribution in [-0.2, 0) is 27.7 Å². The van der Waals surface area contributed by atoms with Crippen LogP contribution in [0.25, 0.3) is 0 Å². The van der Waals surface area contributed by atoms with E-state index in [4.69, 9.17) is 23.0 Å². The van der Waals surface area contributed by atoms with Gasteiger partial charge < -0.3 is 9.47 Å². The Balaban J connectivity index is 2.19. The number of ether oxygens (including phenoxy) is 2. The summed E-state index contributed by atoms with van der Waals surface area (Å²) in [5, 5.41) is 0. The highest BCUT2D eigenvalue weighted by atomic mass is 33.1. The van der Waals surface area contributed by atoms with Crippen molar-refractivity contribution in [1.29, 1.82) is 0 Å². The van der Waals surface area contributed by atoms with Gasteiger partial charge in [-0.1, -0.05) is 27.7 Å². The predicted molar refractivity (Wildman–Crippen MR) is 110 cm³/mol. The summed E-state index contributed by atoms with van der Waals surface area (Å²) < 4.78 is 37.4. The molecule has 0 N–H and O–H groups in total. The average molecular weight is 452 g/mol. The highest BCUT2D eigenvalue weighted by Gasteiger charge is 2.24. The SMILES string of the molecule is CCOP(=O)(OCC)OCCSSCCOC(=O)c1cccc(OC(C)=O)c1. The standard InChI is InChI=1S/C17H25O8PS2/c1-4-22-26(20,23-5-2)24-10-12-28-27-11-9-21-17(19)15-7-6-8-16(13-15)25-14(3)18/h6-8,13H,4-5,9-12H2,1-3H3. The highest BCUT2D eigenvalue weighted by molar-refractivity contribution is 8.76. The van der Waals surface area contributed by atoms with Crippen molar-refractivity contribution >= 4 is 41.3 Å². The van der Waals surface area contributed by atoms with E-state index in [0.29, 0.717) is 22.8 Å². The van der Waals surface area contributed by atoms with Crippen molar-refractivity contribution in [3.63, 3.8) is 0 Å². The Hall–Kier alpha value is -1.03. The lowest BCUT2D eigenvalue weighted by Gasteiger charge is -2.15. The Morgan fingerprint density at radius 3 is 2.25 bits per heavy atom. The van der Waals surface area contributed by atoms with Crippen molar-refractivity contribution in [3.05, 3.63) is 29.8 Å². The molecular formula is C17H25O8PS2. The molecule has 0 unspecified atom stereocenters. The summed E-state index contributed by atoms with van der Waals surface area (Å²) in [6, 6.07) is 6.24. The Morgan fingerprint density at radius 1 is 1.00 bits per heavy atom. The first-order valence-corrected chi connectivity index (χ1v) is 12.6. The molecule has 0 atom stereocenters. The quantitative estimate of drug-likeness (QED) is 0.133. The fourth-order valence-corrected chi connectivity index (χ4v) is 4.78. The largest absolute Gasteiger partial charge is 0.474 e. The van der Waals surface area contributed by atoms with Crippen molar-refractivity contribution in [3.8, 4) is 5.75 Å². The number of phosphoric ester groups is 1. The summed E-state index contributed by atoms with van der Waals surface area (Å²) in [4.78, 5) is 22.9. The van der Waals surface area contributed by atoms with Crippen LogP contribution in [0.4, 0.5) is 0 Å². The van der Waals surface area contributed by atoms with Crippen molar-refractivity contribution in [2.75, 3.05) is 37.9 Å². The highest BCUT2D eigenvalue weighted by Crippen LogP contribution is 2.49. The molecule has 0 bridgehead atoms. The second-order valence-electron chi connectivity index (χ2n) is 5.02. The number of carbonyl (C=O) groups is 2. The molecular weight excluding hydrogens is 427 g/mol. The number of phosphoric acid groups is 1. The van der Waals surface area contributed by atoms with E-state index in [1.165, 1.54) is 34.6 Å². The number of rotatable bonds is 14. The van der Waals surface area contributed by atoms with E-state index in [9.17, 15) is 14.2 Å². The zero-order valence-electron chi connectivity index (χ0n) is 16.1. The van der Waals surface area contributed by atoms with Gasteiger partial charge in [-0.2, -0.15) is 0 Å². The fraction of sp³-hybridized carbons (Fsp3) is 0.529. The average Bonchev–Trinajstić information content (AvgIpc) is 2.64. The number of esters is 2. The maximum absolute atomic E-state index is 12.1. The number of hydrogen-bond donors (Lipinski definition) is 0. The van der Waals surface area contributed by atoms with Crippen LogP contribution < -0.4 is 4.74 Å². The molecule has 0 aliphatic carbocycles. The molecule has 28 heavy (non-hydrogen) atoms. The second-order valence-corrected chi connectivity index (χ2v) is 9.39. The van der Waals surface area contributed by atoms with Gasteiger partial charge in [0.2, 0.25) is 0 Å². The molecule has 8 nitrogen and oxygen atoms in total. The minimum atomic E-state index is -3.46. The van der Waals surface area contributed by atoms with Crippen LogP contribution >= 0.6 is 29.4 Å². The van der Waals surface area contributed by atoms with Crippen LogP contribution in [0, 0.1) is 0 Å². The Kier molecular flexibility index (Phi) is 12.5. The van der Waals surface area contributed by atoms with E-state index in [1.807, 2.05) is 0 Å². The first kappa shape index (κ1) is 25.0. The van der Waals surface area contributed by atoms with E-state index in [1.54, 1.807) is 32.0 Å². The molecule has 1 aromatic carbocycles. The van der Waals surface area contributed by atoms with Gasteiger partial charge in [0.25, 0.3) is 0 Å². The van der Waals surface area contributed by atoms with Crippen LogP contribution in [0.1, 0.15) is 31.1 Å². The third kappa shape index (κ3) is 10.5. The molecule has 11 heteroatoms. The van der Waals surface area contributed by atoms with E-state index in [2.05, 4.69) is 0 Å². The molecule has 0 aliphatic rings. The van der Waals surface area contributed by atoms with Gasteiger partial charge in [-0.25, -0.2) is 9.36 Å². The van der Waals surface area contributed by atoms with E-state index in [0.717, 1.165) is 0 Å². The maximum atomic E-state index is 12.1. The fourth-order valence-electron chi connectivity index (χ4n) is 1.83. The molecule has 0 aromatic heterocycles. The van der Waals surface area contributed by atoms with Crippen LogP contribution in [-0.4, -0.2) is 49.9 Å². The van der Waals surface area contributed by atoms with Crippen LogP contribution in [0.5, 0.6) is 5.75 Å². The predicted octanol–water partition coefficient (Wildman–Crippen LogP) is 4.35. The lowest BCUT2D eigenvalue weighted by Crippen LogP contribution is -2.08. The van der Waals surface area contributed by atoms with E-state index < -0.39 is 19.8 Å². The van der Waals surface area contributed by atoms with Crippen LogP contribution in [0.15, 0.2) is 24.3 Å². The molecule has 158 valence electrons. The number of carbonyl (C=O) groups excluding carboxylic acids is 2. The Bertz CT molecular complexity index is 660. The van der Waals surface area contributed by atoms with E-state index in [-0.39, 0.29) is 26.4 Å². The third-order valence-electron chi connectivity index (χ3n) is 2.80. The van der Waals surface area contributed by atoms with Gasteiger partial charge in [-0.05, 0) is 32.0 Å². The van der Waals surface area contributed by atoms with Crippen molar-refractivity contribution in [2.24, 2.45) is 0 Å². The van der Waals surface area contributed by atoms with Crippen molar-refractivity contribution < 1.29 is 37.2 Å². The normalized spacial score (nSPS) is 11.2. The minimum absolute atomic E-state index is 0.220. The molecule has 0 heterocycles. The van der Waals surface area contributed by atoms with Gasteiger partial charge in [0.1, 0.15) is 12.4 Å². The third-order valence-corrected chi connectivity index (χ3v) is 6.79. The summed E-state index contributed by atoms with van der Waals surface area (Å²) in [5.41, 5.74) is 0.312. The first-order chi connectivity index (χ1) is 13.4. The molecule has 1 rings (SSSR count). The monoisotopic (exact) mass is 452 g/mol. The molecule has 0 saturated heterocycles. The summed E-state index contributed by atoms with van der Waals surface area (Å²) in [6.07, 6.45) is 0. The molecule has 0 fully saturated rings. The van der Waals surface area contributed by atoms with Gasteiger partial charge >= 0.3 is 19.8 Å². The molecule has 0 amide bonds. The summed E-state index contributed by atoms with van der Waals surface area (Å²) in [7, 11) is -0.469. The topological polar surface area (TPSA) is 97.4 Å². The lowest BCUT2D eigenvalue weighted by atomic mass is 10.2. The van der Waals surface area contributed by atoms with Gasteiger partial charge in [0.15, 0.2) is 0 Å². The van der Waals surface area contributed by atoms with Gasteiger partial charge in [0.05, 0.1) is 25.4 Å². The van der Waals surface area contributed by atoms with Crippen LogP contribution in [0.2, 0.25) is 0 Å². The molecule has 0 saturated carbocycles. The minimum Gasteiger partial charge on any atom is -0.461 e. The summed E-state index contributed by atoms with van der Waals surface area (Å²) in [6.45, 7) is 5.66. The second kappa shape index (κ2) is 14.0. The maximum Gasteiger partial charge on any atom is 0.474 e. The van der Waals surface area contributed by atoms with Gasteiger partial charge in [-0.3, -0.25) is 18.4 Å². The zero-order chi connectivity index (χ0) is 20.8. The number of benzene rings is 1. The first-order valence-electron chi connectivity index (χ1n) is 8.64. The van der Waals surface area contributed by atoms with Crippen LogP contribution in [0.3, 0.4) is 0 Å². The molecule has 0 radical (unpaired) electrons. The van der Waals surface area contributed by atoms with Crippen molar-refractivity contribution in [1.82, 2.24) is 0 Å². The van der Waals surface area contributed by atoms with Crippen molar-refractivity contribution in [2.45, 2.75) is 20.8 Å². The lowest BCUT2D eigenvalue weighted by molar-refractivity contribution is -0.131. The van der Waals surface area contributed by atoms with E-state index >= 15 is 0 Å². The zero-order valence-corrected chi connectivity index (χ0v) is 18.6. The summed E-state index contributed by atoms with van der Waals surface area (Å²) >= 11 is 0. The molecule has 1 aromatic rings. The van der Waals surface area contributed by atoms with Gasteiger partial charge in [-0.15, -0.1) is 0 Å². The number of hydrogen-bond acceptors (Lipinski definition) is 10. The molecule has 0 spiro atoms. The Morgan fingerprint density at radius 2 is 1.64 bits per heavy atom. The Labute approximate surface area is 173 Å².